The molecule has 0 spiro atoms. The highest BCUT2D eigenvalue weighted by Gasteiger charge is 2.08. The van der Waals surface area contributed by atoms with Crippen LogP contribution < -0.4 is 9.88 Å². The summed E-state index contributed by atoms with van der Waals surface area (Å²) in [5.41, 5.74) is 2.26. The van der Waals surface area contributed by atoms with E-state index in [1.165, 1.54) is 26.9 Å². The largest absolute Gasteiger partial charge is 0.489 e. The number of nitrogens with two attached hydrogens (primary N) is 1. The van der Waals surface area contributed by atoms with Crippen molar-refractivity contribution in [1.29, 1.82) is 0 Å². The highest BCUT2D eigenvalue weighted by Crippen LogP contribution is 2.31. The summed E-state index contributed by atoms with van der Waals surface area (Å²) >= 11 is 9.27. The van der Waals surface area contributed by atoms with Crippen LogP contribution in [0.5, 0.6) is 5.75 Å². The third-order valence-electron chi connectivity index (χ3n) is 4.13. The van der Waals surface area contributed by atoms with Crippen LogP contribution in [-0.2, 0) is 18.9 Å². The van der Waals surface area contributed by atoms with Crippen molar-refractivity contribution in [3.63, 3.8) is 0 Å². The van der Waals surface area contributed by atoms with Gasteiger partial charge in [-0.1, -0.05) is 43.1 Å². The van der Waals surface area contributed by atoms with Gasteiger partial charge in [0.25, 0.3) is 0 Å². The number of alkyl halides is 1. The molecule has 0 bridgehead atoms. The van der Waals surface area contributed by atoms with Crippen molar-refractivity contribution in [2.45, 2.75) is 25.8 Å². The fourth-order valence-corrected chi connectivity index (χ4v) is 4.74. The maximum absolute atomic E-state index is 6.00. The van der Waals surface area contributed by atoms with Gasteiger partial charge in [0.05, 0.1) is 0 Å². The summed E-state index contributed by atoms with van der Waals surface area (Å²) in [4.78, 5) is 1.40. The first-order valence-corrected chi connectivity index (χ1v) is 10.7. The van der Waals surface area contributed by atoms with Crippen LogP contribution >= 0.6 is 34.9 Å². The molecule has 0 aliphatic heterocycles. The first-order chi connectivity index (χ1) is 12.2. The molecule has 2 nitrogen and oxygen atoms in total. The second kappa shape index (κ2) is 8.95. The van der Waals surface area contributed by atoms with Gasteiger partial charge in [-0.15, -0.1) is 22.9 Å². The molecule has 0 fully saturated rings. The van der Waals surface area contributed by atoms with Crippen LogP contribution in [0.2, 0.25) is 0 Å². The van der Waals surface area contributed by atoms with E-state index in [9.17, 15) is 0 Å². The van der Waals surface area contributed by atoms with Gasteiger partial charge in [0.1, 0.15) is 12.4 Å². The first kappa shape index (κ1) is 18.6. The van der Waals surface area contributed by atoms with Crippen LogP contribution in [0.1, 0.15) is 22.9 Å². The number of hydrogen-bond donors (Lipinski definition) is 1. The molecule has 1 unspecified atom stereocenters. The molecule has 0 saturated carbocycles. The predicted octanol–water partition coefficient (Wildman–Crippen LogP) is 6.00. The highest BCUT2D eigenvalue weighted by atomic mass is 35.5. The average Bonchev–Trinajstić information content (AvgIpc) is 3.01. The van der Waals surface area contributed by atoms with Crippen LogP contribution in [0, 0.1) is 5.92 Å². The second-order valence-corrected chi connectivity index (χ2v) is 8.35. The molecule has 2 N–H and O–H groups in total. The molecule has 132 valence electrons. The Morgan fingerprint density at radius 3 is 2.72 bits per heavy atom. The van der Waals surface area contributed by atoms with E-state index in [4.69, 9.17) is 21.5 Å². The van der Waals surface area contributed by atoms with E-state index >= 15 is 0 Å². The summed E-state index contributed by atoms with van der Waals surface area (Å²) in [6, 6.07) is 16.7. The SMILES string of the molecule is CC(CSN)Cc1cc2cc(OCc3ccccc3CCl)ccc2s1. The van der Waals surface area contributed by atoms with Crippen LogP contribution in [-0.4, -0.2) is 5.75 Å². The number of benzene rings is 2. The molecule has 1 atom stereocenters. The van der Waals surface area contributed by atoms with E-state index in [1.807, 2.05) is 35.6 Å². The van der Waals surface area contributed by atoms with E-state index in [1.54, 1.807) is 0 Å². The van der Waals surface area contributed by atoms with Crippen molar-refractivity contribution in [2.24, 2.45) is 11.1 Å². The molecule has 1 heterocycles. The highest BCUT2D eigenvalue weighted by molar-refractivity contribution is 7.97. The molecular formula is C20H22ClNOS2. The van der Waals surface area contributed by atoms with Gasteiger partial charge in [-0.05, 0) is 53.1 Å². The lowest BCUT2D eigenvalue weighted by Crippen LogP contribution is -2.03. The predicted molar refractivity (Wildman–Crippen MR) is 112 cm³/mol. The Hall–Kier alpha value is -1.20. The topological polar surface area (TPSA) is 35.2 Å². The van der Waals surface area contributed by atoms with E-state index < -0.39 is 0 Å². The fraction of sp³-hybridized carbons (Fsp3) is 0.300. The monoisotopic (exact) mass is 391 g/mol. The minimum Gasteiger partial charge on any atom is -0.489 e. The van der Waals surface area contributed by atoms with Gasteiger partial charge >= 0.3 is 0 Å². The molecule has 3 aromatic rings. The molecule has 3 rings (SSSR count). The van der Waals surface area contributed by atoms with Gasteiger partial charge in [-0.25, -0.2) is 0 Å². The zero-order chi connectivity index (χ0) is 17.6. The third-order valence-corrected chi connectivity index (χ3v) is 6.31. The Labute approximate surface area is 162 Å². The number of ether oxygens (including phenoxy) is 1. The summed E-state index contributed by atoms with van der Waals surface area (Å²) in [6.07, 6.45) is 1.07. The Morgan fingerprint density at radius 1 is 1.16 bits per heavy atom. The number of thiophene rings is 1. The van der Waals surface area contributed by atoms with Gasteiger partial charge in [-0.3, -0.25) is 5.14 Å². The third kappa shape index (κ3) is 4.91. The number of fused-ring (bicyclic) bond motifs is 1. The average molecular weight is 392 g/mol. The van der Waals surface area contributed by atoms with E-state index in [-0.39, 0.29) is 0 Å². The van der Waals surface area contributed by atoms with Crippen molar-refractivity contribution in [3.8, 4) is 5.75 Å². The molecule has 0 aliphatic rings. The Kier molecular flexibility index (Phi) is 6.65. The number of halogens is 1. The molecule has 0 radical (unpaired) electrons. The minimum atomic E-state index is 0.506. The summed E-state index contributed by atoms with van der Waals surface area (Å²) in [7, 11) is 0. The standard InChI is InChI=1S/C20H22ClNOS2/c1-14(13-24-22)8-19-10-17-9-18(6-7-20(17)25-19)23-12-16-5-3-2-4-15(16)11-21/h2-7,9-10,14H,8,11-13,22H2,1H3. The van der Waals surface area contributed by atoms with Crippen molar-refractivity contribution in [1.82, 2.24) is 0 Å². The molecule has 0 saturated heterocycles. The van der Waals surface area contributed by atoms with Crippen LogP contribution in [0.15, 0.2) is 48.5 Å². The lowest BCUT2D eigenvalue weighted by Gasteiger charge is -2.09. The summed E-state index contributed by atoms with van der Waals surface area (Å²) < 4.78 is 7.30. The molecule has 5 heteroatoms. The Balaban J connectivity index is 1.70. The number of rotatable bonds is 8. The van der Waals surface area contributed by atoms with Crippen LogP contribution in [0.25, 0.3) is 10.1 Å². The Bertz CT molecular complexity index is 833. The van der Waals surface area contributed by atoms with Crippen molar-refractivity contribution in [3.05, 3.63) is 64.5 Å². The van der Waals surface area contributed by atoms with Crippen LogP contribution in [0.3, 0.4) is 0 Å². The van der Waals surface area contributed by atoms with Crippen molar-refractivity contribution in [2.75, 3.05) is 5.75 Å². The summed E-state index contributed by atoms with van der Waals surface area (Å²) in [6.45, 7) is 2.78. The maximum atomic E-state index is 6.00. The first-order valence-electron chi connectivity index (χ1n) is 8.29. The molecular weight excluding hydrogens is 370 g/mol. The second-order valence-electron chi connectivity index (χ2n) is 6.25. The normalized spacial score (nSPS) is 12.4. The smallest absolute Gasteiger partial charge is 0.120 e. The lowest BCUT2D eigenvalue weighted by molar-refractivity contribution is 0.306. The molecule has 1 aromatic heterocycles. The van der Waals surface area contributed by atoms with Crippen molar-refractivity contribution >= 4 is 45.0 Å². The van der Waals surface area contributed by atoms with Crippen molar-refractivity contribution < 1.29 is 4.74 Å². The van der Waals surface area contributed by atoms with E-state index in [0.717, 1.165) is 29.1 Å². The van der Waals surface area contributed by atoms with Gasteiger partial charge in [0, 0.05) is 21.2 Å². The van der Waals surface area contributed by atoms with Gasteiger partial charge in [-0.2, -0.15) is 0 Å². The molecule has 0 aliphatic carbocycles. The zero-order valence-corrected chi connectivity index (χ0v) is 16.6. The molecule has 2 aromatic carbocycles. The zero-order valence-electron chi connectivity index (χ0n) is 14.2. The van der Waals surface area contributed by atoms with E-state index in [0.29, 0.717) is 18.4 Å². The summed E-state index contributed by atoms with van der Waals surface area (Å²) in [5.74, 6) is 2.98. The number of hydrogen-bond acceptors (Lipinski definition) is 4. The van der Waals surface area contributed by atoms with Gasteiger partial charge in [0.15, 0.2) is 0 Å². The van der Waals surface area contributed by atoms with Crippen LogP contribution in [0.4, 0.5) is 0 Å². The fourth-order valence-electron chi connectivity index (χ4n) is 2.82. The van der Waals surface area contributed by atoms with E-state index in [2.05, 4.69) is 31.2 Å². The Morgan fingerprint density at radius 2 is 1.96 bits per heavy atom. The lowest BCUT2D eigenvalue weighted by atomic mass is 10.1. The quantitative estimate of drug-likeness (QED) is 0.377. The maximum Gasteiger partial charge on any atom is 0.120 e. The summed E-state index contributed by atoms with van der Waals surface area (Å²) in [5, 5.41) is 6.82. The van der Waals surface area contributed by atoms with Gasteiger partial charge in [0.2, 0.25) is 0 Å². The molecule has 0 amide bonds. The van der Waals surface area contributed by atoms with Gasteiger partial charge < -0.3 is 4.74 Å². The minimum absolute atomic E-state index is 0.506. The molecule has 25 heavy (non-hydrogen) atoms.